The Morgan fingerprint density at radius 3 is 2.70 bits per heavy atom. The Bertz CT molecular complexity index is 619. The molecular formula is C12H17N5O2S. The third-order valence-electron chi connectivity index (χ3n) is 2.74. The van der Waals surface area contributed by atoms with Crippen LogP contribution in [0.2, 0.25) is 0 Å². The van der Waals surface area contributed by atoms with E-state index in [2.05, 4.69) is 28.9 Å². The SMILES string of the molecule is CC(C)c1nc(CN(C)c2nc(C(=O)O)nn2C)cs1. The standard InChI is InChI=1S/C12H17N5O2S/c1-7(2)10-13-8(6-20-10)5-16(3)12-14-9(11(18)19)15-17(12)4/h6-7H,5H2,1-4H3,(H,18,19). The molecule has 8 heteroatoms. The fraction of sp³-hybridized carbons (Fsp3) is 0.500. The second-order valence-corrected chi connectivity index (χ2v) is 5.74. The van der Waals surface area contributed by atoms with Gasteiger partial charge in [-0.1, -0.05) is 13.8 Å². The van der Waals surface area contributed by atoms with Crippen LogP contribution in [0.15, 0.2) is 5.38 Å². The van der Waals surface area contributed by atoms with Gasteiger partial charge >= 0.3 is 5.97 Å². The predicted molar refractivity (Wildman–Crippen MR) is 76.3 cm³/mol. The van der Waals surface area contributed by atoms with Crippen LogP contribution in [0.4, 0.5) is 5.95 Å². The highest BCUT2D eigenvalue weighted by Crippen LogP contribution is 2.20. The zero-order valence-electron chi connectivity index (χ0n) is 11.9. The zero-order chi connectivity index (χ0) is 14.9. The molecule has 2 heterocycles. The summed E-state index contributed by atoms with van der Waals surface area (Å²) in [5.74, 6) is -0.416. The molecule has 0 amide bonds. The zero-order valence-corrected chi connectivity index (χ0v) is 12.7. The lowest BCUT2D eigenvalue weighted by Crippen LogP contribution is -2.20. The van der Waals surface area contributed by atoms with Crippen molar-refractivity contribution in [1.29, 1.82) is 0 Å². The van der Waals surface area contributed by atoms with Crippen LogP contribution in [0, 0.1) is 0 Å². The van der Waals surface area contributed by atoms with Crippen molar-refractivity contribution in [3.63, 3.8) is 0 Å². The van der Waals surface area contributed by atoms with E-state index in [-0.39, 0.29) is 5.82 Å². The number of hydrogen-bond donors (Lipinski definition) is 1. The quantitative estimate of drug-likeness (QED) is 0.904. The Labute approximate surface area is 120 Å². The van der Waals surface area contributed by atoms with E-state index in [9.17, 15) is 4.79 Å². The summed E-state index contributed by atoms with van der Waals surface area (Å²) in [6.07, 6.45) is 0. The van der Waals surface area contributed by atoms with E-state index < -0.39 is 5.97 Å². The maximum atomic E-state index is 10.9. The van der Waals surface area contributed by atoms with Crippen molar-refractivity contribution >= 4 is 23.3 Å². The van der Waals surface area contributed by atoms with Crippen molar-refractivity contribution in [3.05, 3.63) is 21.9 Å². The van der Waals surface area contributed by atoms with Crippen LogP contribution in [0.5, 0.6) is 0 Å². The Hall–Kier alpha value is -1.96. The maximum absolute atomic E-state index is 10.9. The second kappa shape index (κ2) is 5.58. The van der Waals surface area contributed by atoms with Crippen molar-refractivity contribution in [1.82, 2.24) is 19.7 Å². The molecule has 7 nitrogen and oxygen atoms in total. The van der Waals surface area contributed by atoms with Crippen molar-refractivity contribution in [2.24, 2.45) is 7.05 Å². The molecule has 1 N–H and O–H groups in total. The minimum absolute atomic E-state index is 0.199. The lowest BCUT2D eigenvalue weighted by atomic mass is 10.2. The number of aryl methyl sites for hydroxylation is 1. The molecule has 0 radical (unpaired) electrons. The summed E-state index contributed by atoms with van der Waals surface area (Å²) in [5.41, 5.74) is 0.945. The van der Waals surface area contributed by atoms with E-state index in [0.717, 1.165) is 10.7 Å². The molecule has 0 saturated heterocycles. The Kier molecular flexibility index (Phi) is 4.03. The number of carboxylic acids is 1. The van der Waals surface area contributed by atoms with Crippen LogP contribution in [0.1, 0.15) is 41.1 Å². The van der Waals surface area contributed by atoms with Crippen LogP contribution in [0.3, 0.4) is 0 Å². The largest absolute Gasteiger partial charge is 0.475 e. The number of carbonyl (C=O) groups is 1. The summed E-state index contributed by atoms with van der Waals surface area (Å²) < 4.78 is 1.46. The minimum Gasteiger partial charge on any atom is -0.475 e. The first-order valence-corrected chi connectivity index (χ1v) is 7.06. The fourth-order valence-electron chi connectivity index (χ4n) is 1.77. The van der Waals surface area contributed by atoms with E-state index >= 15 is 0 Å². The molecule has 2 rings (SSSR count). The van der Waals surface area contributed by atoms with Crippen LogP contribution in [-0.2, 0) is 13.6 Å². The molecule has 2 aromatic rings. The Morgan fingerprint density at radius 2 is 2.20 bits per heavy atom. The molecule has 0 saturated carbocycles. The Morgan fingerprint density at radius 1 is 1.50 bits per heavy atom. The summed E-state index contributed by atoms with van der Waals surface area (Å²) in [6, 6.07) is 0. The second-order valence-electron chi connectivity index (χ2n) is 4.85. The van der Waals surface area contributed by atoms with Gasteiger partial charge in [0, 0.05) is 25.4 Å². The summed E-state index contributed by atoms with van der Waals surface area (Å²) in [7, 11) is 3.51. The molecule has 0 aliphatic heterocycles. The monoisotopic (exact) mass is 295 g/mol. The molecule has 0 unspecified atom stereocenters. The lowest BCUT2D eigenvalue weighted by molar-refractivity contribution is 0.0683. The van der Waals surface area contributed by atoms with Gasteiger partial charge in [-0.2, -0.15) is 4.98 Å². The van der Waals surface area contributed by atoms with Crippen LogP contribution in [-0.4, -0.2) is 37.9 Å². The van der Waals surface area contributed by atoms with Gasteiger partial charge in [0.05, 0.1) is 17.2 Å². The van der Waals surface area contributed by atoms with E-state index in [1.54, 1.807) is 18.4 Å². The van der Waals surface area contributed by atoms with E-state index in [1.165, 1.54) is 4.68 Å². The summed E-state index contributed by atoms with van der Waals surface area (Å²) >= 11 is 1.63. The number of hydrogen-bond acceptors (Lipinski definition) is 6. The number of aromatic carboxylic acids is 1. The lowest BCUT2D eigenvalue weighted by Gasteiger charge is -2.15. The van der Waals surface area contributed by atoms with Gasteiger partial charge in [-0.25, -0.2) is 14.5 Å². The number of anilines is 1. The topological polar surface area (TPSA) is 84.1 Å². The van der Waals surface area contributed by atoms with E-state index in [4.69, 9.17) is 5.11 Å². The average Bonchev–Trinajstić information content (AvgIpc) is 2.95. The molecular weight excluding hydrogens is 278 g/mol. The molecule has 0 bridgehead atoms. The number of rotatable bonds is 5. The molecule has 0 atom stereocenters. The van der Waals surface area contributed by atoms with Gasteiger partial charge in [0.15, 0.2) is 0 Å². The molecule has 0 aliphatic carbocycles. The highest BCUT2D eigenvalue weighted by Gasteiger charge is 2.17. The number of aromatic nitrogens is 4. The minimum atomic E-state index is -1.13. The normalized spacial score (nSPS) is 11.1. The van der Waals surface area contributed by atoms with Gasteiger partial charge in [-0.15, -0.1) is 16.4 Å². The smallest absolute Gasteiger partial charge is 0.375 e. The summed E-state index contributed by atoms with van der Waals surface area (Å²) in [6.45, 7) is 4.77. The van der Waals surface area contributed by atoms with Crippen molar-refractivity contribution in [2.45, 2.75) is 26.3 Å². The van der Waals surface area contributed by atoms with Crippen molar-refractivity contribution in [3.8, 4) is 0 Å². The number of thiazole rings is 1. The first-order valence-electron chi connectivity index (χ1n) is 6.18. The van der Waals surface area contributed by atoms with Gasteiger partial charge in [0.1, 0.15) is 0 Å². The van der Waals surface area contributed by atoms with Crippen LogP contribution in [0.25, 0.3) is 0 Å². The van der Waals surface area contributed by atoms with Crippen molar-refractivity contribution in [2.75, 3.05) is 11.9 Å². The highest BCUT2D eigenvalue weighted by molar-refractivity contribution is 7.09. The fourth-order valence-corrected chi connectivity index (χ4v) is 2.60. The molecule has 20 heavy (non-hydrogen) atoms. The molecule has 0 fully saturated rings. The third kappa shape index (κ3) is 2.96. The van der Waals surface area contributed by atoms with Gasteiger partial charge in [0.25, 0.3) is 5.82 Å². The van der Waals surface area contributed by atoms with Gasteiger partial charge in [-0.05, 0) is 0 Å². The maximum Gasteiger partial charge on any atom is 0.375 e. The van der Waals surface area contributed by atoms with Gasteiger partial charge in [-0.3, -0.25) is 0 Å². The molecule has 2 aromatic heterocycles. The Balaban J connectivity index is 2.14. The molecule has 0 spiro atoms. The number of nitrogens with zero attached hydrogens (tertiary/aromatic N) is 5. The molecule has 108 valence electrons. The first kappa shape index (κ1) is 14.4. The van der Waals surface area contributed by atoms with Gasteiger partial charge < -0.3 is 10.0 Å². The van der Waals surface area contributed by atoms with Crippen molar-refractivity contribution < 1.29 is 9.90 Å². The summed E-state index contributed by atoms with van der Waals surface area (Å²) in [5, 5.41) is 15.9. The molecule has 0 aromatic carbocycles. The van der Waals surface area contributed by atoms with E-state index in [0.29, 0.717) is 18.4 Å². The highest BCUT2D eigenvalue weighted by atomic mass is 32.1. The van der Waals surface area contributed by atoms with E-state index in [1.807, 2.05) is 17.3 Å². The third-order valence-corrected chi connectivity index (χ3v) is 3.93. The van der Waals surface area contributed by atoms with Crippen LogP contribution < -0.4 is 4.90 Å². The summed E-state index contributed by atoms with van der Waals surface area (Å²) in [4.78, 5) is 21.2. The molecule has 0 aliphatic rings. The van der Waals surface area contributed by atoms with Gasteiger partial charge in [0.2, 0.25) is 5.95 Å². The van der Waals surface area contributed by atoms with Crippen LogP contribution >= 0.6 is 11.3 Å². The first-order chi connectivity index (χ1) is 9.38. The number of carboxylic acid groups (broad SMARTS) is 1. The average molecular weight is 295 g/mol. The predicted octanol–water partition coefficient (Wildman–Crippen LogP) is 1.73.